The predicted molar refractivity (Wildman–Crippen MR) is 125 cm³/mol. The molecule has 158 valence electrons. The fourth-order valence-corrected chi connectivity index (χ4v) is 4.67. The van der Waals surface area contributed by atoms with Crippen molar-refractivity contribution in [2.75, 3.05) is 20.1 Å². The van der Waals surface area contributed by atoms with Gasteiger partial charge in [0.2, 0.25) is 0 Å². The molecule has 0 unspecified atom stereocenters. The van der Waals surface area contributed by atoms with E-state index in [1.807, 2.05) is 0 Å². The first kappa shape index (κ1) is 20.9. The van der Waals surface area contributed by atoms with Gasteiger partial charge in [0.1, 0.15) is 0 Å². The molecule has 0 atom stereocenters. The van der Waals surface area contributed by atoms with Crippen molar-refractivity contribution in [3.63, 3.8) is 0 Å². The summed E-state index contributed by atoms with van der Waals surface area (Å²) < 4.78 is 2.40. The third-order valence-corrected chi connectivity index (χ3v) is 6.52. The molecule has 1 saturated heterocycles. The molecule has 0 spiro atoms. The zero-order valence-corrected chi connectivity index (χ0v) is 18.5. The molecule has 0 aliphatic carbocycles. The van der Waals surface area contributed by atoms with Gasteiger partial charge in [0.25, 0.3) is 0 Å². The normalized spacial score (nSPS) is 15.7. The van der Waals surface area contributed by atoms with E-state index in [2.05, 4.69) is 101 Å². The van der Waals surface area contributed by atoms with Crippen LogP contribution in [0.1, 0.15) is 35.4 Å². The van der Waals surface area contributed by atoms with Crippen LogP contribution in [0.25, 0.3) is 0 Å². The van der Waals surface area contributed by atoms with Crippen molar-refractivity contribution in [3.05, 3.63) is 95.3 Å². The Bertz CT molecular complexity index is 892. The maximum atomic E-state index is 2.63. The number of piperidine rings is 1. The van der Waals surface area contributed by atoms with Gasteiger partial charge in [-0.3, -0.25) is 9.80 Å². The zero-order valence-electron chi connectivity index (χ0n) is 18.5. The molecule has 0 radical (unpaired) electrons. The molecule has 3 nitrogen and oxygen atoms in total. The van der Waals surface area contributed by atoms with E-state index in [4.69, 9.17) is 0 Å². The van der Waals surface area contributed by atoms with Gasteiger partial charge in [0, 0.05) is 38.1 Å². The second-order valence-corrected chi connectivity index (χ2v) is 8.94. The van der Waals surface area contributed by atoms with Gasteiger partial charge in [-0.2, -0.15) is 0 Å². The van der Waals surface area contributed by atoms with Crippen molar-refractivity contribution in [2.24, 2.45) is 13.0 Å². The Balaban J connectivity index is 1.26. The Morgan fingerprint density at radius 3 is 2.03 bits per heavy atom. The average molecular weight is 402 g/mol. The molecule has 3 heteroatoms. The van der Waals surface area contributed by atoms with Crippen LogP contribution < -0.4 is 0 Å². The number of nitrogens with zero attached hydrogens (tertiary/aromatic N) is 3. The van der Waals surface area contributed by atoms with Crippen LogP contribution in [-0.4, -0.2) is 34.5 Å². The topological polar surface area (TPSA) is 11.4 Å². The monoisotopic (exact) mass is 401 g/mol. The predicted octanol–water partition coefficient (Wildman–Crippen LogP) is 5.11. The van der Waals surface area contributed by atoms with E-state index in [-0.39, 0.29) is 0 Å². The van der Waals surface area contributed by atoms with Gasteiger partial charge in [-0.05, 0) is 68.6 Å². The van der Waals surface area contributed by atoms with Gasteiger partial charge in [-0.15, -0.1) is 0 Å². The Kier molecular flexibility index (Phi) is 7.03. The molecule has 0 N–H and O–H groups in total. The SMILES string of the molecule is CN(Cc1ccccc1)Cc1ccc(CN2CCC(Cc3ccccc3)CC2)n1C. The summed E-state index contributed by atoms with van der Waals surface area (Å²) in [5, 5.41) is 0. The van der Waals surface area contributed by atoms with Crippen LogP contribution >= 0.6 is 0 Å². The van der Waals surface area contributed by atoms with Crippen molar-refractivity contribution < 1.29 is 0 Å². The number of hydrogen-bond acceptors (Lipinski definition) is 2. The molecule has 30 heavy (non-hydrogen) atoms. The van der Waals surface area contributed by atoms with Crippen molar-refractivity contribution in [3.8, 4) is 0 Å². The molecule has 1 aliphatic heterocycles. The highest BCUT2D eigenvalue weighted by atomic mass is 15.2. The lowest BCUT2D eigenvalue weighted by atomic mass is 9.90. The quantitative estimate of drug-likeness (QED) is 0.519. The van der Waals surface area contributed by atoms with Crippen LogP contribution in [0, 0.1) is 5.92 Å². The standard InChI is InChI=1S/C27H35N3/c1-28(20-25-11-7-4-8-12-25)21-26-13-14-27(29(26)2)22-30-17-15-24(16-18-30)19-23-9-5-3-6-10-23/h3-14,24H,15-22H2,1-2H3. The maximum absolute atomic E-state index is 2.63. The van der Waals surface area contributed by atoms with Gasteiger partial charge < -0.3 is 4.57 Å². The molecule has 2 heterocycles. The van der Waals surface area contributed by atoms with Crippen LogP contribution in [0.5, 0.6) is 0 Å². The van der Waals surface area contributed by atoms with Crippen molar-refractivity contribution in [1.82, 2.24) is 14.4 Å². The molecular formula is C27H35N3. The Morgan fingerprint density at radius 1 is 0.767 bits per heavy atom. The Labute approximate surface area is 181 Å². The van der Waals surface area contributed by atoms with E-state index in [1.54, 1.807) is 0 Å². The van der Waals surface area contributed by atoms with Gasteiger partial charge >= 0.3 is 0 Å². The summed E-state index contributed by atoms with van der Waals surface area (Å²) in [5.41, 5.74) is 5.68. The maximum Gasteiger partial charge on any atom is 0.0387 e. The number of likely N-dealkylation sites (tertiary alicyclic amines) is 1. The Morgan fingerprint density at radius 2 is 1.37 bits per heavy atom. The summed E-state index contributed by atoms with van der Waals surface area (Å²) >= 11 is 0. The average Bonchev–Trinajstić information content (AvgIpc) is 3.10. The van der Waals surface area contributed by atoms with Crippen LogP contribution in [-0.2, 0) is 33.1 Å². The molecule has 2 aromatic carbocycles. The first-order valence-corrected chi connectivity index (χ1v) is 11.3. The minimum Gasteiger partial charge on any atom is -0.349 e. The summed E-state index contributed by atoms with van der Waals surface area (Å²) in [6.07, 6.45) is 3.86. The summed E-state index contributed by atoms with van der Waals surface area (Å²) in [6.45, 7) is 5.45. The van der Waals surface area contributed by atoms with Gasteiger partial charge in [-0.1, -0.05) is 60.7 Å². The lowest BCUT2D eigenvalue weighted by molar-refractivity contribution is 0.173. The highest BCUT2D eigenvalue weighted by molar-refractivity contribution is 5.18. The van der Waals surface area contributed by atoms with Gasteiger partial charge in [0.15, 0.2) is 0 Å². The number of aromatic nitrogens is 1. The second-order valence-electron chi connectivity index (χ2n) is 8.94. The van der Waals surface area contributed by atoms with E-state index in [9.17, 15) is 0 Å². The van der Waals surface area contributed by atoms with E-state index in [0.717, 1.165) is 25.6 Å². The molecule has 0 saturated carbocycles. The highest BCUT2D eigenvalue weighted by Gasteiger charge is 2.20. The van der Waals surface area contributed by atoms with E-state index in [0.29, 0.717) is 0 Å². The van der Waals surface area contributed by atoms with Crippen molar-refractivity contribution in [1.29, 1.82) is 0 Å². The van der Waals surface area contributed by atoms with Crippen LogP contribution in [0.3, 0.4) is 0 Å². The summed E-state index contributed by atoms with van der Waals surface area (Å²) in [7, 11) is 4.43. The van der Waals surface area contributed by atoms with Crippen LogP contribution in [0.4, 0.5) is 0 Å². The fraction of sp³-hybridized carbons (Fsp3) is 0.407. The number of hydrogen-bond donors (Lipinski definition) is 0. The molecule has 0 bridgehead atoms. The minimum atomic E-state index is 0.833. The molecule has 0 amide bonds. The minimum absolute atomic E-state index is 0.833. The molecule has 1 aromatic heterocycles. The third-order valence-electron chi connectivity index (χ3n) is 6.52. The fourth-order valence-electron chi connectivity index (χ4n) is 4.67. The first-order valence-electron chi connectivity index (χ1n) is 11.3. The van der Waals surface area contributed by atoms with Gasteiger partial charge in [-0.25, -0.2) is 0 Å². The highest BCUT2D eigenvalue weighted by Crippen LogP contribution is 2.23. The second kappa shape index (κ2) is 10.1. The molecule has 1 fully saturated rings. The van der Waals surface area contributed by atoms with Crippen molar-refractivity contribution >= 4 is 0 Å². The lowest BCUT2D eigenvalue weighted by Gasteiger charge is -2.32. The van der Waals surface area contributed by atoms with Crippen LogP contribution in [0.2, 0.25) is 0 Å². The molecular weight excluding hydrogens is 366 g/mol. The summed E-state index contributed by atoms with van der Waals surface area (Å²) in [6, 6.07) is 26.3. The number of rotatable bonds is 8. The Hall–Kier alpha value is -2.36. The summed E-state index contributed by atoms with van der Waals surface area (Å²) in [4.78, 5) is 5.03. The van der Waals surface area contributed by atoms with E-state index >= 15 is 0 Å². The molecule has 3 aromatic rings. The van der Waals surface area contributed by atoms with Gasteiger partial charge in [0.05, 0.1) is 0 Å². The number of benzene rings is 2. The van der Waals surface area contributed by atoms with Crippen molar-refractivity contribution in [2.45, 2.75) is 38.9 Å². The molecule has 4 rings (SSSR count). The first-order chi connectivity index (χ1) is 14.7. The third kappa shape index (κ3) is 5.62. The molecule has 1 aliphatic rings. The zero-order chi connectivity index (χ0) is 20.8. The largest absolute Gasteiger partial charge is 0.349 e. The van der Waals surface area contributed by atoms with E-state index in [1.165, 1.54) is 54.9 Å². The smallest absolute Gasteiger partial charge is 0.0387 e. The summed E-state index contributed by atoms with van der Waals surface area (Å²) in [5.74, 6) is 0.833. The lowest BCUT2D eigenvalue weighted by Crippen LogP contribution is -2.34. The van der Waals surface area contributed by atoms with E-state index < -0.39 is 0 Å². The van der Waals surface area contributed by atoms with Crippen LogP contribution in [0.15, 0.2) is 72.8 Å².